The van der Waals surface area contributed by atoms with Crippen molar-refractivity contribution in [2.24, 2.45) is 11.8 Å². The Hall–Kier alpha value is -3.23. The molecule has 196 valence electrons. The van der Waals surface area contributed by atoms with E-state index in [-0.39, 0.29) is 31.6 Å². The van der Waals surface area contributed by atoms with E-state index in [4.69, 9.17) is 9.47 Å². The summed E-state index contributed by atoms with van der Waals surface area (Å²) in [5, 5.41) is 12.2. The van der Waals surface area contributed by atoms with Gasteiger partial charge in [0.1, 0.15) is 11.6 Å². The molecule has 1 N–H and O–H groups in total. The van der Waals surface area contributed by atoms with Gasteiger partial charge in [0.25, 0.3) is 5.91 Å². The molecule has 0 aliphatic carbocycles. The van der Waals surface area contributed by atoms with Crippen molar-refractivity contribution in [3.8, 4) is 0 Å². The zero-order chi connectivity index (χ0) is 26.3. The second-order valence-electron chi connectivity index (χ2n) is 10.1. The number of nitrogens with zero attached hydrogens (tertiary/aromatic N) is 2. The highest BCUT2D eigenvalue weighted by Gasteiger charge is 2.75. The molecule has 5 rings (SSSR count). The van der Waals surface area contributed by atoms with Gasteiger partial charge in [-0.1, -0.05) is 43.3 Å². The number of carbonyl (C=O) groups is 3. The number of benzene rings is 2. The number of anilines is 1. The fourth-order valence-corrected chi connectivity index (χ4v) is 6.63. The summed E-state index contributed by atoms with van der Waals surface area (Å²) in [7, 11) is 0. The minimum absolute atomic E-state index is 0.200. The van der Waals surface area contributed by atoms with Crippen LogP contribution in [0.1, 0.15) is 33.1 Å². The summed E-state index contributed by atoms with van der Waals surface area (Å²) in [5.41, 5.74) is -0.461. The molecule has 3 aliphatic rings. The van der Waals surface area contributed by atoms with E-state index in [9.17, 15) is 19.5 Å². The molecule has 0 saturated carbocycles. The van der Waals surface area contributed by atoms with Crippen LogP contribution in [0.5, 0.6) is 0 Å². The van der Waals surface area contributed by atoms with Crippen LogP contribution >= 0.6 is 0 Å². The molecular formula is C29H34N2O6. The van der Waals surface area contributed by atoms with Gasteiger partial charge < -0.3 is 24.4 Å². The highest BCUT2D eigenvalue weighted by atomic mass is 16.6. The average Bonchev–Trinajstić information content (AvgIpc) is 3.55. The Morgan fingerprint density at radius 2 is 2.03 bits per heavy atom. The largest absolute Gasteiger partial charge is 0.466 e. The summed E-state index contributed by atoms with van der Waals surface area (Å²) in [6, 6.07) is 12.1. The molecule has 2 amide bonds. The molecule has 1 spiro atoms. The number of hydrogen-bond donors (Lipinski definition) is 1. The van der Waals surface area contributed by atoms with E-state index in [1.54, 1.807) is 17.9 Å². The molecule has 2 bridgehead atoms. The van der Waals surface area contributed by atoms with Crippen LogP contribution in [-0.2, 0) is 23.9 Å². The van der Waals surface area contributed by atoms with Crippen molar-refractivity contribution in [2.45, 2.75) is 56.9 Å². The Bertz CT molecular complexity index is 1230. The third kappa shape index (κ3) is 3.85. The highest BCUT2D eigenvalue weighted by molar-refractivity contribution is 6.05. The zero-order valence-electron chi connectivity index (χ0n) is 21.3. The number of aliphatic hydroxyl groups excluding tert-OH is 1. The molecule has 3 saturated heterocycles. The average molecular weight is 507 g/mol. The van der Waals surface area contributed by atoms with Gasteiger partial charge in [-0.15, -0.1) is 6.58 Å². The predicted molar refractivity (Wildman–Crippen MR) is 139 cm³/mol. The third-order valence-electron chi connectivity index (χ3n) is 8.23. The van der Waals surface area contributed by atoms with Gasteiger partial charge in [0, 0.05) is 12.2 Å². The standard InChI is InChI=1S/C29H34N2O6/c1-4-15-30(21-12-11-18-9-7-8-10-19(18)16-21)27(34)25-29-14-13-22(37-29)23(28(35)36-6-3)24(29)26(33)31(25)20(5-2)17-32/h4,7-12,16,20,22-25,32H,1,5-6,13-15,17H2,2-3H3/t20-,22+,23-,24-,25?,29?/m0/s1. The van der Waals surface area contributed by atoms with Gasteiger partial charge in [0.05, 0.1) is 37.2 Å². The van der Waals surface area contributed by atoms with Crippen LogP contribution in [0.2, 0.25) is 0 Å². The van der Waals surface area contributed by atoms with Gasteiger partial charge in [0.2, 0.25) is 5.91 Å². The van der Waals surface area contributed by atoms with Gasteiger partial charge in [-0.25, -0.2) is 0 Å². The van der Waals surface area contributed by atoms with Crippen LogP contribution in [0.3, 0.4) is 0 Å². The van der Waals surface area contributed by atoms with Crippen molar-refractivity contribution in [3.05, 3.63) is 55.1 Å². The SMILES string of the molecule is C=CCN(C(=O)C1N([C@@H](CC)CO)C(=O)[C@@H]2[C@@H](C(=O)OCC)[C@H]3CCC12O3)c1ccc2ccccc2c1. The normalized spacial score (nSPS) is 28.8. The quantitative estimate of drug-likeness (QED) is 0.415. The van der Waals surface area contributed by atoms with E-state index in [0.717, 1.165) is 10.8 Å². The van der Waals surface area contributed by atoms with Crippen molar-refractivity contribution in [2.75, 3.05) is 24.7 Å². The predicted octanol–water partition coefficient (Wildman–Crippen LogP) is 3.07. The molecule has 3 heterocycles. The first kappa shape index (κ1) is 25.4. The van der Waals surface area contributed by atoms with Crippen LogP contribution in [0.4, 0.5) is 5.69 Å². The fraction of sp³-hybridized carbons (Fsp3) is 0.483. The molecule has 3 fully saturated rings. The molecule has 2 unspecified atom stereocenters. The Kier molecular flexibility index (Phi) is 6.81. The third-order valence-corrected chi connectivity index (χ3v) is 8.23. The monoisotopic (exact) mass is 506 g/mol. The van der Waals surface area contributed by atoms with E-state index in [1.165, 1.54) is 4.90 Å². The molecule has 3 aliphatic heterocycles. The van der Waals surface area contributed by atoms with Gasteiger partial charge in [-0.3, -0.25) is 14.4 Å². The van der Waals surface area contributed by atoms with Crippen LogP contribution in [0.15, 0.2) is 55.1 Å². The van der Waals surface area contributed by atoms with E-state index in [1.807, 2.05) is 49.4 Å². The molecule has 2 aromatic rings. The maximum Gasteiger partial charge on any atom is 0.312 e. The smallest absolute Gasteiger partial charge is 0.312 e. The summed E-state index contributed by atoms with van der Waals surface area (Å²) in [5.74, 6) is -2.66. The second kappa shape index (κ2) is 9.91. The Labute approximate surface area is 216 Å². The lowest BCUT2D eigenvalue weighted by molar-refractivity contribution is -0.155. The first-order valence-electron chi connectivity index (χ1n) is 13.1. The van der Waals surface area contributed by atoms with Crippen molar-refractivity contribution < 1.29 is 29.0 Å². The van der Waals surface area contributed by atoms with Gasteiger partial charge in [-0.05, 0) is 49.1 Å². The molecule has 0 radical (unpaired) electrons. The summed E-state index contributed by atoms with van der Waals surface area (Å²) in [4.78, 5) is 44.6. The highest BCUT2D eigenvalue weighted by Crippen LogP contribution is 2.59. The summed E-state index contributed by atoms with van der Waals surface area (Å²) >= 11 is 0. The van der Waals surface area contributed by atoms with E-state index in [0.29, 0.717) is 24.9 Å². The Morgan fingerprint density at radius 3 is 2.70 bits per heavy atom. The summed E-state index contributed by atoms with van der Waals surface area (Å²) in [6.07, 6.45) is 2.70. The van der Waals surface area contributed by atoms with Gasteiger partial charge >= 0.3 is 5.97 Å². The van der Waals surface area contributed by atoms with E-state index >= 15 is 0 Å². The maximum absolute atomic E-state index is 14.5. The van der Waals surface area contributed by atoms with E-state index < -0.39 is 41.6 Å². The lowest BCUT2D eigenvalue weighted by Gasteiger charge is -2.39. The van der Waals surface area contributed by atoms with E-state index in [2.05, 4.69) is 6.58 Å². The summed E-state index contributed by atoms with van der Waals surface area (Å²) < 4.78 is 11.8. The molecule has 2 aromatic carbocycles. The van der Waals surface area contributed by atoms with Gasteiger partial charge in [0.15, 0.2) is 0 Å². The number of amides is 2. The molecular weight excluding hydrogens is 472 g/mol. The first-order chi connectivity index (χ1) is 17.9. The number of ether oxygens (including phenoxy) is 2. The maximum atomic E-state index is 14.5. The van der Waals surface area contributed by atoms with Crippen LogP contribution < -0.4 is 4.90 Å². The van der Waals surface area contributed by atoms with Crippen molar-refractivity contribution in [1.29, 1.82) is 0 Å². The van der Waals surface area contributed by atoms with Crippen molar-refractivity contribution in [1.82, 2.24) is 4.90 Å². The van der Waals surface area contributed by atoms with Gasteiger partial charge in [-0.2, -0.15) is 0 Å². The number of hydrogen-bond acceptors (Lipinski definition) is 6. The number of aliphatic hydroxyl groups is 1. The number of rotatable bonds is 9. The molecule has 0 aromatic heterocycles. The molecule has 8 nitrogen and oxygen atoms in total. The van der Waals surface area contributed by atoms with Crippen molar-refractivity contribution >= 4 is 34.2 Å². The van der Waals surface area contributed by atoms with Crippen molar-refractivity contribution in [3.63, 3.8) is 0 Å². The number of carbonyl (C=O) groups excluding carboxylic acids is 3. The minimum atomic E-state index is -1.14. The lowest BCUT2D eigenvalue weighted by atomic mass is 9.70. The first-order valence-corrected chi connectivity index (χ1v) is 13.1. The van der Waals surface area contributed by atoms with Crippen LogP contribution in [0.25, 0.3) is 10.8 Å². The molecule has 6 atom stereocenters. The number of esters is 1. The lowest BCUT2D eigenvalue weighted by Crippen LogP contribution is -2.59. The Balaban J connectivity index is 1.60. The minimum Gasteiger partial charge on any atom is -0.466 e. The molecule has 8 heteroatoms. The fourth-order valence-electron chi connectivity index (χ4n) is 6.63. The van der Waals surface area contributed by atoms with Crippen LogP contribution in [0, 0.1) is 11.8 Å². The summed E-state index contributed by atoms with van der Waals surface area (Å²) in [6.45, 7) is 7.60. The van der Waals surface area contributed by atoms with Crippen LogP contribution in [-0.4, -0.2) is 71.3 Å². The number of likely N-dealkylation sites (tertiary alicyclic amines) is 1. The zero-order valence-corrected chi connectivity index (χ0v) is 21.3. The number of fused-ring (bicyclic) bond motifs is 2. The Morgan fingerprint density at radius 1 is 1.27 bits per heavy atom. The second-order valence-corrected chi connectivity index (χ2v) is 10.1. The molecule has 37 heavy (non-hydrogen) atoms. The topological polar surface area (TPSA) is 96.4 Å².